The quantitative estimate of drug-likeness (QED) is 0.786. The van der Waals surface area contributed by atoms with E-state index in [1.807, 2.05) is 0 Å². The third-order valence-corrected chi connectivity index (χ3v) is 2.56. The topological polar surface area (TPSA) is 33.1 Å². The van der Waals surface area contributed by atoms with E-state index in [9.17, 15) is 5.11 Å². The highest BCUT2D eigenvalue weighted by molar-refractivity contribution is 9.10. The van der Waals surface area contributed by atoms with E-state index in [-0.39, 0.29) is 5.75 Å². The lowest BCUT2D eigenvalue weighted by molar-refractivity contribution is 0.481. The van der Waals surface area contributed by atoms with Crippen LogP contribution in [0.5, 0.6) is 5.75 Å². The van der Waals surface area contributed by atoms with E-state index in [4.69, 9.17) is 11.6 Å². The molecule has 2 rings (SSSR count). The Morgan fingerprint density at radius 3 is 2.92 bits per heavy atom. The Bertz CT molecular complexity index is 472. The van der Waals surface area contributed by atoms with Crippen molar-refractivity contribution >= 4 is 38.4 Å². The van der Waals surface area contributed by atoms with Crippen molar-refractivity contribution in [3.63, 3.8) is 0 Å². The monoisotopic (exact) mass is 257 g/mol. The highest BCUT2D eigenvalue weighted by Crippen LogP contribution is 2.31. The molecule has 2 aromatic rings. The van der Waals surface area contributed by atoms with Crippen molar-refractivity contribution in [2.45, 2.75) is 0 Å². The van der Waals surface area contributed by atoms with Gasteiger partial charge in [0.15, 0.2) is 0 Å². The van der Waals surface area contributed by atoms with Crippen molar-refractivity contribution in [1.82, 2.24) is 4.98 Å². The summed E-state index contributed by atoms with van der Waals surface area (Å²) >= 11 is 9.15. The normalized spacial score (nSPS) is 10.6. The Labute approximate surface area is 88.3 Å². The maximum Gasteiger partial charge on any atom is 0.126 e. The third-order valence-electron chi connectivity index (χ3n) is 1.74. The fourth-order valence-corrected chi connectivity index (χ4v) is 2.08. The molecule has 2 nitrogen and oxygen atoms in total. The summed E-state index contributed by atoms with van der Waals surface area (Å²) in [4.78, 5) is 4.12. The number of nitrogens with zero attached hydrogens (tertiary/aromatic N) is 1. The van der Waals surface area contributed by atoms with Crippen LogP contribution in [0.2, 0.25) is 5.02 Å². The predicted molar refractivity (Wildman–Crippen MR) is 56.1 cm³/mol. The molecule has 13 heavy (non-hydrogen) atoms. The number of hydrogen-bond donors (Lipinski definition) is 1. The van der Waals surface area contributed by atoms with E-state index in [0.717, 1.165) is 4.47 Å². The van der Waals surface area contributed by atoms with Gasteiger partial charge in [0.1, 0.15) is 5.75 Å². The van der Waals surface area contributed by atoms with Gasteiger partial charge in [-0.25, -0.2) is 0 Å². The number of aromatic nitrogens is 1. The van der Waals surface area contributed by atoms with E-state index in [2.05, 4.69) is 20.9 Å². The molecule has 66 valence electrons. The van der Waals surface area contributed by atoms with Crippen LogP contribution in [0.15, 0.2) is 28.9 Å². The van der Waals surface area contributed by atoms with Gasteiger partial charge in [0, 0.05) is 21.1 Å². The Balaban J connectivity index is 2.94. The molecule has 0 aliphatic rings. The zero-order valence-corrected chi connectivity index (χ0v) is 8.80. The van der Waals surface area contributed by atoms with Crippen molar-refractivity contribution < 1.29 is 5.11 Å². The molecule has 1 aromatic heterocycles. The number of pyridine rings is 1. The number of benzene rings is 1. The van der Waals surface area contributed by atoms with Gasteiger partial charge in [-0.1, -0.05) is 11.6 Å². The molecule has 0 bridgehead atoms. The molecule has 1 N–H and O–H groups in total. The van der Waals surface area contributed by atoms with Crippen LogP contribution in [0.4, 0.5) is 0 Å². The van der Waals surface area contributed by atoms with Crippen molar-refractivity contribution in [2.24, 2.45) is 0 Å². The fourth-order valence-electron chi connectivity index (χ4n) is 1.16. The van der Waals surface area contributed by atoms with Gasteiger partial charge < -0.3 is 5.11 Å². The predicted octanol–water partition coefficient (Wildman–Crippen LogP) is 3.36. The average Bonchev–Trinajstić information content (AvgIpc) is 2.07. The molecule has 0 amide bonds. The maximum atomic E-state index is 9.50. The Hall–Kier alpha value is -0.800. The molecule has 0 radical (unpaired) electrons. The lowest BCUT2D eigenvalue weighted by atomic mass is 10.2. The summed E-state index contributed by atoms with van der Waals surface area (Å²) in [7, 11) is 0. The first-order chi connectivity index (χ1) is 6.18. The van der Waals surface area contributed by atoms with Crippen molar-refractivity contribution in [3.05, 3.63) is 33.9 Å². The van der Waals surface area contributed by atoms with E-state index in [1.165, 1.54) is 6.07 Å². The third kappa shape index (κ3) is 1.49. The smallest absolute Gasteiger partial charge is 0.126 e. The minimum Gasteiger partial charge on any atom is -0.507 e. The first-order valence-corrected chi connectivity index (χ1v) is 4.78. The minimum absolute atomic E-state index is 0.188. The first kappa shape index (κ1) is 8.78. The van der Waals surface area contributed by atoms with Gasteiger partial charge >= 0.3 is 0 Å². The molecule has 0 saturated heterocycles. The molecule has 1 heterocycles. The average molecular weight is 259 g/mol. The van der Waals surface area contributed by atoms with E-state index < -0.39 is 0 Å². The second kappa shape index (κ2) is 3.16. The molecular weight excluding hydrogens is 253 g/mol. The standard InChI is InChI=1S/C9H5BrClNO/c10-7-4-5(11)3-6-8(13)1-2-12-9(6)7/h1-4H,(H,12,13). The van der Waals surface area contributed by atoms with Gasteiger partial charge in [-0.15, -0.1) is 0 Å². The second-order valence-electron chi connectivity index (χ2n) is 2.61. The summed E-state index contributed by atoms with van der Waals surface area (Å²) in [5.74, 6) is 0.188. The minimum atomic E-state index is 0.188. The van der Waals surface area contributed by atoms with Crippen LogP contribution in [0.3, 0.4) is 0 Å². The molecule has 0 aliphatic carbocycles. The zero-order valence-electron chi connectivity index (χ0n) is 6.46. The lowest BCUT2D eigenvalue weighted by Gasteiger charge is -2.02. The zero-order chi connectivity index (χ0) is 9.42. The van der Waals surface area contributed by atoms with Crippen molar-refractivity contribution in [3.8, 4) is 5.75 Å². The van der Waals surface area contributed by atoms with Crippen LogP contribution in [0.25, 0.3) is 10.9 Å². The molecule has 1 aromatic carbocycles. The number of hydrogen-bond acceptors (Lipinski definition) is 2. The summed E-state index contributed by atoms with van der Waals surface area (Å²) in [5.41, 5.74) is 0.712. The van der Waals surface area contributed by atoms with Gasteiger partial charge in [0.05, 0.1) is 5.52 Å². The van der Waals surface area contributed by atoms with Crippen LogP contribution in [-0.4, -0.2) is 10.1 Å². The number of fused-ring (bicyclic) bond motifs is 1. The summed E-state index contributed by atoms with van der Waals surface area (Å²) in [6.07, 6.45) is 1.55. The van der Waals surface area contributed by atoms with Gasteiger partial charge in [-0.05, 0) is 34.1 Å². The summed E-state index contributed by atoms with van der Waals surface area (Å²) < 4.78 is 0.783. The largest absolute Gasteiger partial charge is 0.507 e. The highest BCUT2D eigenvalue weighted by Gasteiger charge is 2.05. The van der Waals surface area contributed by atoms with Crippen LogP contribution < -0.4 is 0 Å². The number of rotatable bonds is 0. The molecule has 0 aliphatic heterocycles. The van der Waals surface area contributed by atoms with Gasteiger partial charge in [0.25, 0.3) is 0 Å². The maximum absolute atomic E-state index is 9.50. The number of halogens is 2. The van der Waals surface area contributed by atoms with E-state index in [0.29, 0.717) is 15.9 Å². The van der Waals surface area contributed by atoms with Crippen LogP contribution in [-0.2, 0) is 0 Å². The summed E-state index contributed by atoms with van der Waals surface area (Å²) in [6.45, 7) is 0. The van der Waals surface area contributed by atoms with Crippen LogP contribution in [0, 0.1) is 0 Å². The van der Waals surface area contributed by atoms with E-state index in [1.54, 1.807) is 18.3 Å². The van der Waals surface area contributed by atoms with Gasteiger partial charge in [-0.2, -0.15) is 0 Å². The lowest BCUT2D eigenvalue weighted by Crippen LogP contribution is -1.80. The van der Waals surface area contributed by atoms with Crippen LogP contribution in [0.1, 0.15) is 0 Å². The molecule has 0 unspecified atom stereocenters. The molecular formula is C9H5BrClNO. The van der Waals surface area contributed by atoms with E-state index >= 15 is 0 Å². The van der Waals surface area contributed by atoms with Crippen LogP contribution >= 0.6 is 27.5 Å². The van der Waals surface area contributed by atoms with Crippen molar-refractivity contribution in [2.75, 3.05) is 0 Å². The molecule has 0 fully saturated rings. The fraction of sp³-hybridized carbons (Fsp3) is 0. The Morgan fingerprint density at radius 1 is 1.38 bits per heavy atom. The van der Waals surface area contributed by atoms with Gasteiger partial charge in [-0.3, -0.25) is 4.98 Å². The molecule has 0 saturated carbocycles. The first-order valence-electron chi connectivity index (χ1n) is 3.61. The summed E-state index contributed by atoms with van der Waals surface area (Å²) in [5, 5.41) is 10.7. The van der Waals surface area contributed by atoms with Crippen molar-refractivity contribution in [1.29, 1.82) is 0 Å². The molecule has 0 atom stereocenters. The summed E-state index contributed by atoms with van der Waals surface area (Å²) in [6, 6.07) is 4.96. The Kier molecular flexibility index (Phi) is 2.14. The number of aromatic hydroxyl groups is 1. The Morgan fingerprint density at radius 2 is 2.15 bits per heavy atom. The van der Waals surface area contributed by atoms with Gasteiger partial charge in [0.2, 0.25) is 0 Å². The molecule has 4 heteroatoms. The SMILES string of the molecule is Oc1ccnc2c(Br)cc(Cl)cc12. The second-order valence-corrected chi connectivity index (χ2v) is 3.90. The highest BCUT2D eigenvalue weighted by atomic mass is 79.9. The molecule has 0 spiro atoms.